The molecule has 1 aliphatic heterocycles. The lowest BCUT2D eigenvalue weighted by atomic mass is 10.0. The molecular weight excluding hydrogens is 324 g/mol. The van der Waals surface area contributed by atoms with Crippen molar-refractivity contribution >= 4 is 15.9 Å². The van der Waals surface area contributed by atoms with Crippen molar-refractivity contribution in [3.8, 4) is 0 Å². The molecule has 1 amide bonds. The Morgan fingerprint density at radius 2 is 1.83 bits per heavy atom. The van der Waals surface area contributed by atoms with Crippen molar-refractivity contribution in [2.75, 3.05) is 13.1 Å². The lowest BCUT2D eigenvalue weighted by Crippen LogP contribution is -2.33. The molecule has 0 radical (unpaired) electrons. The second kappa shape index (κ2) is 8.12. The Labute approximate surface area is 145 Å². The van der Waals surface area contributed by atoms with E-state index in [9.17, 15) is 13.2 Å². The quantitative estimate of drug-likeness (QED) is 0.820. The number of rotatable bonds is 7. The van der Waals surface area contributed by atoms with Gasteiger partial charge in [-0.25, -0.2) is 8.42 Å². The summed E-state index contributed by atoms with van der Waals surface area (Å²) in [5, 5.41) is 2.95. The molecule has 0 saturated carbocycles. The number of sulfonamides is 1. The highest BCUT2D eigenvalue weighted by atomic mass is 32.2. The lowest BCUT2D eigenvalue weighted by molar-refractivity contribution is 0.0937. The van der Waals surface area contributed by atoms with E-state index >= 15 is 0 Å². The first-order valence-electron chi connectivity index (χ1n) is 8.72. The summed E-state index contributed by atoms with van der Waals surface area (Å²) >= 11 is 0. The van der Waals surface area contributed by atoms with Crippen molar-refractivity contribution in [1.82, 2.24) is 9.62 Å². The second-order valence-electron chi connectivity index (χ2n) is 6.98. The maximum Gasteiger partial charge on any atom is 0.251 e. The summed E-state index contributed by atoms with van der Waals surface area (Å²) in [6, 6.07) is 6.41. The molecule has 0 spiro atoms. The van der Waals surface area contributed by atoms with Gasteiger partial charge in [-0.15, -0.1) is 0 Å². The molecule has 0 aromatic heterocycles. The molecule has 0 bridgehead atoms. The Balaban J connectivity index is 2.08. The Morgan fingerprint density at radius 3 is 2.46 bits per heavy atom. The smallest absolute Gasteiger partial charge is 0.251 e. The third kappa shape index (κ3) is 4.80. The lowest BCUT2D eigenvalue weighted by Gasteiger charge is -2.17. The van der Waals surface area contributed by atoms with E-state index in [4.69, 9.17) is 0 Å². The zero-order valence-electron chi connectivity index (χ0n) is 14.8. The van der Waals surface area contributed by atoms with E-state index in [2.05, 4.69) is 19.2 Å². The molecule has 1 atom stereocenters. The van der Waals surface area contributed by atoms with Crippen LogP contribution in [0.2, 0.25) is 0 Å². The number of hydrogen-bond acceptors (Lipinski definition) is 3. The Bertz CT molecular complexity index is 665. The summed E-state index contributed by atoms with van der Waals surface area (Å²) in [7, 11) is -3.49. The summed E-state index contributed by atoms with van der Waals surface area (Å²) in [5.74, 6) is 0.378. The van der Waals surface area contributed by atoms with E-state index in [0.717, 1.165) is 25.7 Å². The van der Waals surface area contributed by atoms with Crippen molar-refractivity contribution in [3.63, 3.8) is 0 Å². The fourth-order valence-corrected chi connectivity index (χ4v) is 4.40. The van der Waals surface area contributed by atoms with E-state index in [1.54, 1.807) is 18.2 Å². The van der Waals surface area contributed by atoms with Gasteiger partial charge in [0.25, 0.3) is 5.91 Å². The van der Waals surface area contributed by atoms with Gasteiger partial charge in [-0.05, 0) is 56.7 Å². The first-order valence-corrected chi connectivity index (χ1v) is 10.2. The first kappa shape index (κ1) is 18.9. The topological polar surface area (TPSA) is 66.5 Å². The number of amides is 1. The van der Waals surface area contributed by atoms with Crippen LogP contribution in [0.25, 0.3) is 0 Å². The van der Waals surface area contributed by atoms with Gasteiger partial charge in [-0.2, -0.15) is 4.31 Å². The van der Waals surface area contributed by atoms with Crippen LogP contribution >= 0.6 is 0 Å². The summed E-state index contributed by atoms with van der Waals surface area (Å²) in [6.45, 7) is 7.41. The van der Waals surface area contributed by atoms with E-state index in [0.29, 0.717) is 24.6 Å². The predicted octanol–water partition coefficient (Wildman–Crippen LogP) is 3.03. The highest BCUT2D eigenvalue weighted by Gasteiger charge is 2.27. The van der Waals surface area contributed by atoms with Gasteiger partial charge in [0.15, 0.2) is 0 Å². The van der Waals surface area contributed by atoms with Gasteiger partial charge >= 0.3 is 0 Å². The molecule has 0 unspecified atom stereocenters. The fraction of sp³-hybridized carbons (Fsp3) is 0.611. The summed E-state index contributed by atoms with van der Waals surface area (Å²) < 4.78 is 26.7. The van der Waals surface area contributed by atoms with E-state index in [1.165, 1.54) is 10.4 Å². The minimum absolute atomic E-state index is 0.0683. The molecule has 1 heterocycles. The molecule has 1 aromatic carbocycles. The van der Waals surface area contributed by atoms with Crippen molar-refractivity contribution in [2.45, 2.75) is 57.4 Å². The van der Waals surface area contributed by atoms with Crippen molar-refractivity contribution in [2.24, 2.45) is 5.92 Å². The number of carbonyl (C=O) groups is 1. The largest absolute Gasteiger partial charge is 0.350 e. The Morgan fingerprint density at radius 1 is 1.17 bits per heavy atom. The van der Waals surface area contributed by atoms with Gasteiger partial charge in [-0.1, -0.05) is 19.9 Å². The van der Waals surface area contributed by atoms with E-state index in [-0.39, 0.29) is 16.8 Å². The molecular formula is C18H28N2O3S. The fourth-order valence-electron chi connectivity index (χ4n) is 2.84. The molecule has 1 N–H and O–H groups in total. The summed E-state index contributed by atoms with van der Waals surface area (Å²) in [5.41, 5.74) is 0.395. The Hall–Kier alpha value is -1.40. The average molecular weight is 353 g/mol. The van der Waals surface area contributed by atoms with E-state index < -0.39 is 10.0 Å². The van der Waals surface area contributed by atoms with E-state index in [1.807, 2.05) is 6.92 Å². The zero-order valence-corrected chi connectivity index (χ0v) is 15.6. The number of carbonyl (C=O) groups excluding carboxylic acids is 1. The van der Waals surface area contributed by atoms with Crippen LogP contribution in [0.3, 0.4) is 0 Å². The van der Waals surface area contributed by atoms with Gasteiger partial charge in [0.1, 0.15) is 0 Å². The van der Waals surface area contributed by atoms with Gasteiger partial charge in [0.2, 0.25) is 10.0 Å². The SMILES string of the molecule is CC(C)CC[C@@H](C)NC(=O)c1cccc(S(=O)(=O)N2CCCC2)c1. The van der Waals surface area contributed by atoms with Crippen molar-refractivity contribution < 1.29 is 13.2 Å². The Kier molecular flexibility index (Phi) is 6.40. The number of nitrogens with zero attached hydrogens (tertiary/aromatic N) is 1. The summed E-state index contributed by atoms with van der Waals surface area (Å²) in [6.07, 6.45) is 3.75. The van der Waals surface area contributed by atoms with Crippen LogP contribution in [-0.2, 0) is 10.0 Å². The van der Waals surface area contributed by atoms with Gasteiger partial charge in [0, 0.05) is 24.7 Å². The predicted molar refractivity (Wildman–Crippen MR) is 95.4 cm³/mol. The first-order chi connectivity index (χ1) is 11.3. The zero-order chi connectivity index (χ0) is 17.7. The molecule has 134 valence electrons. The van der Waals surface area contributed by atoms with Crippen LogP contribution in [-0.4, -0.2) is 37.8 Å². The highest BCUT2D eigenvalue weighted by Crippen LogP contribution is 2.21. The van der Waals surface area contributed by atoms with Gasteiger partial charge in [-0.3, -0.25) is 4.79 Å². The van der Waals surface area contributed by atoms with Crippen LogP contribution in [0.1, 0.15) is 56.8 Å². The minimum Gasteiger partial charge on any atom is -0.350 e. The molecule has 24 heavy (non-hydrogen) atoms. The normalized spacial score (nSPS) is 17.2. The molecule has 1 fully saturated rings. The molecule has 1 aromatic rings. The molecule has 5 nitrogen and oxygen atoms in total. The molecule has 6 heteroatoms. The molecule has 1 aliphatic rings. The maximum atomic E-state index is 12.6. The van der Waals surface area contributed by atoms with Crippen LogP contribution < -0.4 is 5.32 Å². The average Bonchev–Trinajstić information content (AvgIpc) is 3.08. The third-order valence-corrected chi connectivity index (χ3v) is 6.25. The molecule has 1 saturated heterocycles. The van der Waals surface area contributed by atoms with Crippen molar-refractivity contribution in [1.29, 1.82) is 0 Å². The minimum atomic E-state index is -3.49. The third-order valence-electron chi connectivity index (χ3n) is 4.35. The number of hydrogen-bond donors (Lipinski definition) is 1. The monoisotopic (exact) mass is 352 g/mol. The standard InChI is InChI=1S/C18H28N2O3S/c1-14(2)9-10-15(3)19-18(21)16-7-6-8-17(13-16)24(22,23)20-11-4-5-12-20/h6-8,13-15H,4-5,9-12H2,1-3H3,(H,19,21)/t15-/m1/s1. The van der Waals surface area contributed by atoms with Crippen LogP contribution in [0.4, 0.5) is 0 Å². The van der Waals surface area contributed by atoms with Gasteiger partial charge in [0.05, 0.1) is 4.90 Å². The van der Waals surface area contributed by atoms with Gasteiger partial charge < -0.3 is 5.32 Å². The maximum absolute atomic E-state index is 12.6. The highest BCUT2D eigenvalue weighted by molar-refractivity contribution is 7.89. The van der Waals surface area contributed by atoms with Crippen LogP contribution in [0.5, 0.6) is 0 Å². The van der Waals surface area contributed by atoms with Crippen LogP contribution in [0.15, 0.2) is 29.2 Å². The van der Waals surface area contributed by atoms with Crippen molar-refractivity contribution in [3.05, 3.63) is 29.8 Å². The number of benzene rings is 1. The summed E-state index contributed by atoms with van der Waals surface area (Å²) in [4.78, 5) is 12.6. The number of nitrogens with one attached hydrogen (secondary N) is 1. The molecule has 0 aliphatic carbocycles. The van der Waals surface area contributed by atoms with Crippen LogP contribution in [0, 0.1) is 5.92 Å². The molecule has 2 rings (SSSR count). The second-order valence-corrected chi connectivity index (χ2v) is 8.92.